The Kier molecular flexibility index (Phi) is 5.29. The number of ether oxygens (including phenoxy) is 1. The number of methoxy groups -OCH3 is 1. The van der Waals surface area contributed by atoms with Gasteiger partial charge in [0.05, 0.1) is 18.5 Å². The van der Waals surface area contributed by atoms with Crippen molar-refractivity contribution in [1.29, 1.82) is 0 Å². The first-order valence-corrected chi connectivity index (χ1v) is 8.31. The van der Waals surface area contributed by atoms with E-state index >= 15 is 0 Å². The maximum absolute atomic E-state index is 5.33. The highest BCUT2D eigenvalue weighted by Gasteiger charge is 2.13. The molecule has 1 aromatic carbocycles. The molecule has 0 bridgehead atoms. The van der Waals surface area contributed by atoms with E-state index in [9.17, 15) is 0 Å². The number of benzene rings is 1. The first-order chi connectivity index (χ1) is 9.51. The Labute approximate surface area is 139 Å². The van der Waals surface area contributed by atoms with E-state index in [0.717, 1.165) is 24.6 Å². The lowest BCUT2D eigenvalue weighted by molar-refractivity contribution is 0.397. The monoisotopic (exact) mass is 419 g/mol. The van der Waals surface area contributed by atoms with E-state index in [2.05, 4.69) is 42.2 Å². The van der Waals surface area contributed by atoms with E-state index in [0.29, 0.717) is 12.4 Å². The van der Waals surface area contributed by atoms with Crippen molar-refractivity contribution in [2.75, 3.05) is 31.4 Å². The maximum Gasteiger partial charge on any atom is 0.231 e. The zero-order chi connectivity index (χ0) is 14.7. The number of hydrogen-bond acceptors (Lipinski definition) is 5. The van der Waals surface area contributed by atoms with Gasteiger partial charge < -0.3 is 15.0 Å². The van der Waals surface area contributed by atoms with E-state index < -0.39 is 0 Å². The topological polar surface area (TPSA) is 37.4 Å². The third kappa shape index (κ3) is 3.65. The van der Waals surface area contributed by atoms with Gasteiger partial charge in [-0.3, -0.25) is 0 Å². The molecular formula is C13H15Br2N3OS. The van der Waals surface area contributed by atoms with Crippen molar-refractivity contribution in [1.82, 2.24) is 4.98 Å². The summed E-state index contributed by atoms with van der Waals surface area (Å²) in [6.07, 6.45) is 0. The van der Waals surface area contributed by atoms with Crippen LogP contribution in [-0.2, 0) is 6.54 Å². The number of halogens is 2. The van der Waals surface area contributed by atoms with Gasteiger partial charge in [0.25, 0.3) is 0 Å². The van der Waals surface area contributed by atoms with Gasteiger partial charge in [-0.05, 0) is 34.1 Å². The number of anilines is 2. The average Bonchev–Trinajstić information content (AvgIpc) is 2.81. The van der Waals surface area contributed by atoms with Crippen LogP contribution in [0.3, 0.4) is 0 Å². The number of thiazole rings is 1. The molecular weight excluding hydrogens is 406 g/mol. The van der Waals surface area contributed by atoms with Crippen molar-refractivity contribution in [3.63, 3.8) is 0 Å². The highest BCUT2D eigenvalue weighted by Crippen LogP contribution is 2.32. The third-order valence-corrected chi connectivity index (χ3v) is 4.95. The average molecular weight is 421 g/mol. The zero-order valence-corrected chi connectivity index (χ0v) is 15.4. The maximum atomic E-state index is 5.33. The first-order valence-electron chi connectivity index (χ1n) is 5.91. The molecule has 0 radical (unpaired) electrons. The van der Waals surface area contributed by atoms with Crippen molar-refractivity contribution in [3.8, 4) is 5.88 Å². The van der Waals surface area contributed by atoms with Gasteiger partial charge in [0.15, 0.2) is 5.13 Å². The Bertz CT molecular complexity index is 601. The molecule has 0 aliphatic carbocycles. The highest BCUT2D eigenvalue weighted by molar-refractivity contribution is 9.11. The van der Waals surface area contributed by atoms with Gasteiger partial charge in [0.1, 0.15) is 0 Å². The molecule has 7 heteroatoms. The molecule has 2 rings (SSSR count). The van der Waals surface area contributed by atoms with Crippen LogP contribution < -0.4 is 15.0 Å². The summed E-state index contributed by atoms with van der Waals surface area (Å²) in [5.74, 6) is 0.680. The molecule has 0 spiro atoms. The van der Waals surface area contributed by atoms with E-state index in [4.69, 9.17) is 4.74 Å². The van der Waals surface area contributed by atoms with Crippen LogP contribution in [0.2, 0.25) is 0 Å². The molecule has 1 heterocycles. The van der Waals surface area contributed by atoms with Crippen LogP contribution >= 0.6 is 43.2 Å². The van der Waals surface area contributed by atoms with Gasteiger partial charge in [-0.1, -0.05) is 27.3 Å². The van der Waals surface area contributed by atoms with Crippen molar-refractivity contribution in [2.24, 2.45) is 0 Å². The van der Waals surface area contributed by atoms with Crippen molar-refractivity contribution >= 4 is 54.0 Å². The molecule has 1 N–H and O–H groups in total. The molecule has 0 aliphatic rings. The Morgan fingerprint density at radius 2 is 2.10 bits per heavy atom. The lowest BCUT2D eigenvalue weighted by Crippen LogP contribution is -2.07. The Morgan fingerprint density at radius 3 is 2.70 bits per heavy atom. The summed E-state index contributed by atoms with van der Waals surface area (Å²) in [4.78, 5) is 7.49. The first kappa shape index (κ1) is 15.6. The van der Waals surface area contributed by atoms with Gasteiger partial charge in [-0.2, -0.15) is 4.98 Å². The van der Waals surface area contributed by atoms with Crippen molar-refractivity contribution in [2.45, 2.75) is 6.54 Å². The number of aromatic nitrogens is 1. The van der Waals surface area contributed by atoms with Gasteiger partial charge in [0, 0.05) is 28.7 Å². The number of nitrogens with one attached hydrogen (secondary N) is 1. The van der Waals surface area contributed by atoms with E-state index in [1.54, 1.807) is 18.4 Å². The number of hydrogen-bond donors (Lipinski definition) is 1. The Hall–Kier alpha value is -0.790. The van der Waals surface area contributed by atoms with Crippen LogP contribution in [0.1, 0.15) is 4.88 Å². The van der Waals surface area contributed by atoms with Crippen LogP contribution in [0.5, 0.6) is 5.88 Å². The molecule has 0 aliphatic heterocycles. The summed E-state index contributed by atoms with van der Waals surface area (Å²) < 4.78 is 7.39. The lowest BCUT2D eigenvalue weighted by Gasteiger charge is -2.08. The minimum atomic E-state index is 0.676. The summed E-state index contributed by atoms with van der Waals surface area (Å²) in [5, 5.41) is 4.33. The second-order valence-electron chi connectivity index (χ2n) is 4.30. The molecule has 108 valence electrons. The molecule has 4 nitrogen and oxygen atoms in total. The molecule has 20 heavy (non-hydrogen) atoms. The van der Waals surface area contributed by atoms with Crippen LogP contribution in [0, 0.1) is 0 Å². The zero-order valence-electron chi connectivity index (χ0n) is 11.4. The van der Waals surface area contributed by atoms with Crippen molar-refractivity contribution < 1.29 is 4.74 Å². The molecule has 2 aromatic rings. The second-order valence-corrected chi connectivity index (χ2v) is 7.13. The third-order valence-electron chi connectivity index (χ3n) is 2.60. The minimum absolute atomic E-state index is 0.676. The number of rotatable bonds is 5. The largest absolute Gasteiger partial charge is 0.480 e. The summed E-state index contributed by atoms with van der Waals surface area (Å²) in [7, 11) is 5.59. The quantitative estimate of drug-likeness (QED) is 0.779. The van der Waals surface area contributed by atoms with Gasteiger partial charge >= 0.3 is 0 Å². The second kappa shape index (κ2) is 6.78. The molecule has 1 aromatic heterocycles. The van der Waals surface area contributed by atoms with E-state index in [-0.39, 0.29) is 0 Å². The SMILES string of the molecule is COc1nc(N(C)C)sc1CNc1ccc(Br)cc1Br. The molecule has 0 unspecified atom stereocenters. The highest BCUT2D eigenvalue weighted by atomic mass is 79.9. The van der Waals surface area contributed by atoms with Crippen molar-refractivity contribution in [3.05, 3.63) is 32.0 Å². The Balaban J connectivity index is 2.14. The van der Waals surface area contributed by atoms with E-state index in [1.165, 1.54) is 0 Å². The van der Waals surface area contributed by atoms with Crippen LogP contribution in [0.15, 0.2) is 27.1 Å². The van der Waals surface area contributed by atoms with E-state index in [1.807, 2.05) is 37.2 Å². The minimum Gasteiger partial charge on any atom is -0.480 e. The van der Waals surface area contributed by atoms with Gasteiger partial charge in [0.2, 0.25) is 5.88 Å². The summed E-state index contributed by atoms with van der Waals surface area (Å²) in [5.41, 5.74) is 1.04. The fourth-order valence-electron chi connectivity index (χ4n) is 1.60. The summed E-state index contributed by atoms with van der Waals surface area (Å²) >= 11 is 8.61. The lowest BCUT2D eigenvalue weighted by atomic mass is 10.3. The van der Waals surface area contributed by atoms with Gasteiger partial charge in [-0.25, -0.2) is 0 Å². The fraction of sp³-hybridized carbons (Fsp3) is 0.308. The number of nitrogens with zero attached hydrogens (tertiary/aromatic N) is 2. The predicted molar refractivity (Wildman–Crippen MR) is 92.2 cm³/mol. The Morgan fingerprint density at radius 1 is 1.35 bits per heavy atom. The molecule has 0 atom stereocenters. The smallest absolute Gasteiger partial charge is 0.231 e. The summed E-state index contributed by atoms with van der Waals surface area (Å²) in [6, 6.07) is 6.04. The van der Waals surface area contributed by atoms with Crippen LogP contribution in [0.4, 0.5) is 10.8 Å². The molecule has 0 amide bonds. The van der Waals surface area contributed by atoms with Crippen LogP contribution in [-0.4, -0.2) is 26.2 Å². The molecule has 0 saturated carbocycles. The molecule has 0 saturated heterocycles. The summed E-state index contributed by atoms with van der Waals surface area (Å²) in [6.45, 7) is 0.676. The van der Waals surface area contributed by atoms with Crippen LogP contribution in [0.25, 0.3) is 0 Å². The standard InChI is InChI=1S/C13H15Br2N3OS/c1-18(2)13-17-12(19-3)11(20-13)7-16-10-5-4-8(14)6-9(10)15/h4-6,16H,7H2,1-3H3. The predicted octanol–water partition coefficient (Wildman–Crippen LogP) is 4.35. The van der Waals surface area contributed by atoms with Gasteiger partial charge in [-0.15, -0.1) is 0 Å². The normalized spacial score (nSPS) is 10.4. The molecule has 0 fully saturated rings. The fourth-order valence-corrected chi connectivity index (χ4v) is 3.68.